The van der Waals surface area contributed by atoms with Gasteiger partial charge in [0.15, 0.2) is 0 Å². The van der Waals surface area contributed by atoms with Crippen molar-refractivity contribution >= 4 is 5.97 Å². The second kappa shape index (κ2) is 2.81. The molecule has 11 heavy (non-hydrogen) atoms. The van der Waals surface area contributed by atoms with Crippen LogP contribution in [0.2, 0.25) is 0 Å². The zero-order valence-corrected chi connectivity index (χ0v) is 6.84. The summed E-state index contributed by atoms with van der Waals surface area (Å²) in [6.07, 6.45) is 3.88. The van der Waals surface area contributed by atoms with E-state index in [0.717, 1.165) is 25.7 Å². The summed E-state index contributed by atoms with van der Waals surface area (Å²) in [5.41, 5.74) is 5.50. The predicted molar refractivity (Wildman–Crippen MR) is 42.2 cm³/mol. The Bertz CT molecular complexity index is 161. The van der Waals surface area contributed by atoms with Crippen LogP contribution < -0.4 is 5.73 Å². The first-order valence-corrected chi connectivity index (χ1v) is 4.08. The molecule has 0 amide bonds. The van der Waals surface area contributed by atoms with Crippen molar-refractivity contribution < 1.29 is 9.90 Å². The molecular weight excluding hydrogens is 142 g/mol. The lowest BCUT2D eigenvalue weighted by molar-refractivity contribution is -0.143. The highest BCUT2D eigenvalue weighted by atomic mass is 16.4. The number of hydrogen-bond acceptors (Lipinski definition) is 2. The van der Waals surface area contributed by atoms with Gasteiger partial charge in [0.1, 0.15) is 0 Å². The lowest BCUT2D eigenvalue weighted by Gasteiger charge is -2.27. The minimum absolute atomic E-state index is 0.398. The van der Waals surface area contributed by atoms with Crippen molar-refractivity contribution in [1.29, 1.82) is 0 Å². The third-order valence-corrected chi connectivity index (χ3v) is 2.77. The normalized spacial score (nSPS) is 24.9. The maximum absolute atomic E-state index is 10.6. The Kier molecular flexibility index (Phi) is 2.18. The molecule has 1 atom stereocenters. The largest absolute Gasteiger partial charge is 0.481 e. The molecule has 0 aromatic heterocycles. The lowest BCUT2D eigenvalue weighted by Crippen LogP contribution is -2.46. The molecule has 0 spiro atoms. The topological polar surface area (TPSA) is 63.3 Å². The van der Waals surface area contributed by atoms with Crippen molar-refractivity contribution in [3.8, 4) is 0 Å². The molecule has 3 nitrogen and oxygen atoms in total. The van der Waals surface area contributed by atoms with Gasteiger partial charge in [-0.3, -0.25) is 4.79 Å². The molecule has 0 heterocycles. The molecular formula is C8H15NO2. The van der Waals surface area contributed by atoms with Crippen LogP contribution in [0.15, 0.2) is 0 Å². The maximum atomic E-state index is 10.6. The summed E-state index contributed by atoms with van der Waals surface area (Å²) in [5.74, 6) is -1.17. The average molecular weight is 157 g/mol. The summed E-state index contributed by atoms with van der Waals surface area (Å²) in [7, 11) is 0. The van der Waals surface area contributed by atoms with E-state index in [1.165, 1.54) is 0 Å². The van der Waals surface area contributed by atoms with E-state index in [9.17, 15) is 4.79 Å². The van der Waals surface area contributed by atoms with Crippen molar-refractivity contribution in [2.75, 3.05) is 0 Å². The van der Waals surface area contributed by atoms with Crippen LogP contribution >= 0.6 is 0 Å². The summed E-state index contributed by atoms with van der Waals surface area (Å²) >= 11 is 0. The summed E-state index contributed by atoms with van der Waals surface area (Å²) in [6.45, 7) is 1.70. The summed E-state index contributed by atoms with van der Waals surface area (Å²) in [4.78, 5) is 10.6. The van der Waals surface area contributed by atoms with Gasteiger partial charge in [0, 0.05) is 5.54 Å². The van der Waals surface area contributed by atoms with Gasteiger partial charge in [0.05, 0.1) is 5.92 Å². The zero-order valence-electron chi connectivity index (χ0n) is 6.84. The Hall–Kier alpha value is -0.570. The predicted octanol–water partition coefficient (Wildman–Crippen LogP) is 0.979. The van der Waals surface area contributed by atoms with Gasteiger partial charge in [-0.15, -0.1) is 0 Å². The second-order valence-electron chi connectivity index (χ2n) is 3.50. The molecule has 0 bridgehead atoms. The van der Waals surface area contributed by atoms with Crippen molar-refractivity contribution in [2.45, 2.75) is 38.1 Å². The van der Waals surface area contributed by atoms with E-state index in [1.54, 1.807) is 6.92 Å². The molecule has 1 rings (SSSR count). The molecule has 1 unspecified atom stereocenters. The zero-order chi connectivity index (χ0) is 8.48. The number of carboxylic acid groups (broad SMARTS) is 1. The third-order valence-electron chi connectivity index (χ3n) is 2.77. The van der Waals surface area contributed by atoms with E-state index >= 15 is 0 Å². The molecule has 1 saturated carbocycles. The van der Waals surface area contributed by atoms with Crippen LogP contribution in [0, 0.1) is 5.92 Å². The van der Waals surface area contributed by atoms with Crippen molar-refractivity contribution in [3.63, 3.8) is 0 Å². The van der Waals surface area contributed by atoms with E-state index in [1.807, 2.05) is 0 Å². The third kappa shape index (κ3) is 1.53. The fourth-order valence-electron chi connectivity index (χ4n) is 1.71. The van der Waals surface area contributed by atoms with Crippen LogP contribution in [0.1, 0.15) is 32.6 Å². The fourth-order valence-corrected chi connectivity index (χ4v) is 1.71. The minimum atomic E-state index is -0.769. The molecule has 0 aromatic rings. The summed E-state index contributed by atoms with van der Waals surface area (Å²) in [6, 6.07) is 0. The molecule has 0 aromatic carbocycles. The smallest absolute Gasteiger partial charge is 0.308 e. The van der Waals surface area contributed by atoms with E-state index in [-0.39, 0.29) is 0 Å². The van der Waals surface area contributed by atoms with Gasteiger partial charge in [-0.05, 0) is 12.8 Å². The Morgan fingerprint density at radius 1 is 1.55 bits per heavy atom. The highest BCUT2D eigenvalue weighted by Gasteiger charge is 2.38. The van der Waals surface area contributed by atoms with Crippen molar-refractivity contribution in [1.82, 2.24) is 0 Å². The Morgan fingerprint density at radius 3 is 2.36 bits per heavy atom. The van der Waals surface area contributed by atoms with E-state index in [0.29, 0.717) is 0 Å². The Morgan fingerprint density at radius 2 is 2.00 bits per heavy atom. The molecule has 0 radical (unpaired) electrons. The number of aliphatic carboxylic acids is 1. The van der Waals surface area contributed by atoms with Crippen molar-refractivity contribution in [3.05, 3.63) is 0 Å². The quantitative estimate of drug-likeness (QED) is 0.628. The molecule has 1 aliphatic carbocycles. The van der Waals surface area contributed by atoms with Gasteiger partial charge < -0.3 is 10.8 Å². The van der Waals surface area contributed by atoms with Gasteiger partial charge in [0.25, 0.3) is 0 Å². The first-order chi connectivity index (χ1) is 5.06. The molecule has 3 N–H and O–H groups in total. The minimum Gasteiger partial charge on any atom is -0.481 e. The van der Waals surface area contributed by atoms with Crippen LogP contribution in [-0.2, 0) is 4.79 Å². The van der Waals surface area contributed by atoms with Gasteiger partial charge >= 0.3 is 5.97 Å². The first-order valence-electron chi connectivity index (χ1n) is 4.08. The molecule has 0 aliphatic heterocycles. The average Bonchev–Trinajstić information content (AvgIpc) is 2.35. The van der Waals surface area contributed by atoms with E-state index in [2.05, 4.69) is 0 Å². The SMILES string of the molecule is CC(C(=O)O)C1(N)CCCC1. The Balaban J connectivity index is 2.63. The highest BCUT2D eigenvalue weighted by Crippen LogP contribution is 2.33. The van der Waals surface area contributed by atoms with Crippen LogP contribution in [0.25, 0.3) is 0 Å². The van der Waals surface area contributed by atoms with Gasteiger partial charge in [-0.2, -0.15) is 0 Å². The van der Waals surface area contributed by atoms with E-state index < -0.39 is 17.4 Å². The van der Waals surface area contributed by atoms with Crippen LogP contribution in [0.5, 0.6) is 0 Å². The monoisotopic (exact) mass is 157 g/mol. The number of carbonyl (C=O) groups is 1. The Labute approximate surface area is 66.6 Å². The number of rotatable bonds is 2. The lowest BCUT2D eigenvalue weighted by atomic mass is 9.85. The highest BCUT2D eigenvalue weighted by molar-refractivity contribution is 5.71. The summed E-state index contributed by atoms with van der Waals surface area (Å²) < 4.78 is 0. The number of carboxylic acids is 1. The van der Waals surface area contributed by atoms with E-state index in [4.69, 9.17) is 10.8 Å². The van der Waals surface area contributed by atoms with Gasteiger partial charge in [-0.1, -0.05) is 19.8 Å². The van der Waals surface area contributed by atoms with Crippen LogP contribution in [0.4, 0.5) is 0 Å². The molecule has 64 valence electrons. The number of hydrogen-bond donors (Lipinski definition) is 2. The second-order valence-corrected chi connectivity index (χ2v) is 3.50. The molecule has 3 heteroatoms. The standard InChI is InChI=1S/C8H15NO2/c1-6(7(10)11)8(9)4-2-3-5-8/h6H,2-5,9H2,1H3,(H,10,11). The molecule has 1 fully saturated rings. The maximum Gasteiger partial charge on any atom is 0.308 e. The number of nitrogens with two attached hydrogens (primary N) is 1. The van der Waals surface area contributed by atoms with Crippen LogP contribution in [-0.4, -0.2) is 16.6 Å². The fraction of sp³-hybridized carbons (Fsp3) is 0.875. The molecule has 0 saturated heterocycles. The van der Waals surface area contributed by atoms with Gasteiger partial charge in [0.2, 0.25) is 0 Å². The van der Waals surface area contributed by atoms with Gasteiger partial charge in [-0.25, -0.2) is 0 Å². The first kappa shape index (κ1) is 8.53. The summed E-state index contributed by atoms with van der Waals surface area (Å²) in [5, 5.41) is 8.73. The molecule has 1 aliphatic rings. The van der Waals surface area contributed by atoms with Crippen molar-refractivity contribution in [2.24, 2.45) is 11.7 Å². The van der Waals surface area contributed by atoms with Crippen LogP contribution in [0.3, 0.4) is 0 Å².